The van der Waals surface area contributed by atoms with Gasteiger partial charge in [0.05, 0.1) is 17.0 Å². The number of nitrogens with zero attached hydrogens (tertiary/aromatic N) is 3. The number of anilines is 1. The number of benzene rings is 1. The van der Waals surface area contributed by atoms with Crippen LogP contribution in [0.25, 0.3) is 21.5 Å². The van der Waals surface area contributed by atoms with Gasteiger partial charge in [0, 0.05) is 16.5 Å². The standard InChI is InChI=1S/C19H17ClN4OS/c1-3-13-8-15-18(22-10-23-19(15)26-13)21-9-12-7-17(24-25-12)14-5-4-11(2)6-16(14)20/h4-8,10H,3,9H2,1-2H3,(H,21,22,23). The van der Waals surface area contributed by atoms with Crippen molar-refractivity contribution in [2.45, 2.75) is 26.8 Å². The van der Waals surface area contributed by atoms with Gasteiger partial charge >= 0.3 is 0 Å². The van der Waals surface area contributed by atoms with Crippen molar-refractivity contribution in [1.82, 2.24) is 15.1 Å². The first-order valence-electron chi connectivity index (χ1n) is 8.33. The monoisotopic (exact) mass is 384 g/mol. The Bertz CT molecular complexity index is 1070. The zero-order valence-electron chi connectivity index (χ0n) is 14.4. The number of halogens is 1. The number of fused-ring (bicyclic) bond motifs is 1. The largest absolute Gasteiger partial charge is 0.362 e. The number of hydrogen-bond donors (Lipinski definition) is 1. The summed E-state index contributed by atoms with van der Waals surface area (Å²) in [4.78, 5) is 11.0. The molecule has 4 aromatic rings. The van der Waals surface area contributed by atoms with Crippen molar-refractivity contribution in [3.05, 3.63) is 57.9 Å². The van der Waals surface area contributed by atoms with Gasteiger partial charge in [-0.2, -0.15) is 0 Å². The summed E-state index contributed by atoms with van der Waals surface area (Å²) in [6.45, 7) is 4.63. The predicted molar refractivity (Wildman–Crippen MR) is 106 cm³/mol. The van der Waals surface area contributed by atoms with Crippen molar-refractivity contribution in [3.63, 3.8) is 0 Å². The molecule has 0 unspecified atom stereocenters. The Hall–Kier alpha value is -2.44. The van der Waals surface area contributed by atoms with Crippen LogP contribution in [-0.4, -0.2) is 15.1 Å². The molecule has 0 radical (unpaired) electrons. The fraction of sp³-hybridized carbons (Fsp3) is 0.211. The number of thiophene rings is 1. The van der Waals surface area contributed by atoms with Gasteiger partial charge in [0.1, 0.15) is 22.7 Å². The Balaban J connectivity index is 1.54. The number of hydrogen-bond acceptors (Lipinski definition) is 6. The summed E-state index contributed by atoms with van der Waals surface area (Å²) in [5.74, 6) is 1.52. The second-order valence-corrected chi connectivity index (χ2v) is 7.55. The van der Waals surface area contributed by atoms with E-state index >= 15 is 0 Å². The molecule has 0 aliphatic rings. The summed E-state index contributed by atoms with van der Waals surface area (Å²) in [6.07, 6.45) is 2.57. The van der Waals surface area contributed by atoms with Crippen LogP contribution >= 0.6 is 22.9 Å². The molecule has 0 atom stereocenters. The Kier molecular flexibility index (Phi) is 4.61. The summed E-state index contributed by atoms with van der Waals surface area (Å²) in [5, 5.41) is 9.16. The average Bonchev–Trinajstić information content (AvgIpc) is 3.26. The van der Waals surface area contributed by atoms with Gasteiger partial charge < -0.3 is 9.84 Å². The highest BCUT2D eigenvalue weighted by Gasteiger charge is 2.12. The molecule has 3 heterocycles. The molecule has 132 valence electrons. The molecule has 3 aromatic heterocycles. The van der Waals surface area contributed by atoms with Gasteiger partial charge in [0.2, 0.25) is 0 Å². The number of rotatable bonds is 5. The first-order chi connectivity index (χ1) is 12.6. The van der Waals surface area contributed by atoms with Crippen molar-refractivity contribution in [3.8, 4) is 11.3 Å². The average molecular weight is 385 g/mol. The highest BCUT2D eigenvalue weighted by atomic mass is 35.5. The topological polar surface area (TPSA) is 63.8 Å². The molecule has 0 aliphatic carbocycles. The third kappa shape index (κ3) is 3.30. The lowest BCUT2D eigenvalue weighted by molar-refractivity contribution is 0.390. The summed E-state index contributed by atoms with van der Waals surface area (Å²) in [6, 6.07) is 9.92. The number of nitrogens with one attached hydrogen (secondary N) is 1. The lowest BCUT2D eigenvalue weighted by atomic mass is 10.1. The zero-order chi connectivity index (χ0) is 18.1. The van der Waals surface area contributed by atoms with Crippen LogP contribution in [0.3, 0.4) is 0 Å². The Morgan fingerprint density at radius 1 is 1.19 bits per heavy atom. The van der Waals surface area contributed by atoms with Crippen LogP contribution in [0.15, 0.2) is 41.2 Å². The van der Waals surface area contributed by atoms with Crippen molar-refractivity contribution in [1.29, 1.82) is 0 Å². The van der Waals surface area contributed by atoms with Crippen molar-refractivity contribution in [2.75, 3.05) is 5.32 Å². The molecule has 0 bridgehead atoms. The van der Waals surface area contributed by atoms with Crippen LogP contribution in [0.2, 0.25) is 5.02 Å². The van der Waals surface area contributed by atoms with E-state index in [1.165, 1.54) is 4.88 Å². The molecule has 1 N–H and O–H groups in total. The van der Waals surface area contributed by atoms with Crippen LogP contribution in [0, 0.1) is 6.92 Å². The summed E-state index contributed by atoms with van der Waals surface area (Å²) < 4.78 is 5.45. The molecule has 0 saturated heterocycles. The molecular weight excluding hydrogens is 368 g/mol. The maximum absolute atomic E-state index is 6.31. The number of aryl methyl sites for hydroxylation is 2. The summed E-state index contributed by atoms with van der Waals surface area (Å²) in [5.41, 5.74) is 2.70. The van der Waals surface area contributed by atoms with Crippen LogP contribution < -0.4 is 5.32 Å². The first kappa shape index (κ1) is 17.0. The van der Waals surface area contributed by atoms with Crippen LogP contribution in [0.1, 0.15) is 23.1 Å². The third-order valence-corrected chi connectivity index (χ3v) is 5.62. The molecule has 7 heteroatoms. The van der Waals surface area contributed by atoms with E-state index in [4.69, 9.17) is 16.1 Å². The minimum absolute atomic E-state index is 0.486. The van der Waals surface area contributed by atoms with Gasteiger partial charge in [0.15, 0.2) is 5.76 Å². The van der Waals surface area contributed by atoms with Crippen molar-refractivity contribution < 1.29 is 4.52 Å². The quantitative estimate of drug-likeness (QED) is 0.493. The lowest BCUT2D eigenvalue weighted by Gasteiger charge is -2.03. The van der Waals surface area contributed by atoms with Crippen LogP contribution in [0.4, 0.5) is 5.82 Å². The van der Waals surface area contributed by atoms with Crippen molar-refractivity contribution >= 4 is 39.0 Å². The zero-order valence-corrected chi connectivity index (χ0v) is 16.0. The van der Waals surface area contributed by atoms with Crippen LogP contribution in [-0.2, 0) is 13.0 Å². The van der Waals surface area contributed by atoms with Gasteiger partial charge in [-0.05, 0) is 31.0 Å². The SMILES string of the molecule is CCc1cc2c(NCc3cc(-c4ccc(C)cc4Cl)no3)ncnc2s1. The Labute approximate surface area is 160 Å². The second kappa shape index (κ2) is 7.05. The van der Waals surface area contributed by atoms with E-state index in [1.807, 2.05) is 31.2 Å². The normalized spacial score (nSPS) is 11.2. The molecule has 0 aliphatic heterocycles. The maximum Gasteiger partial charge on any atom is 0.156 e. The van der Waals surface area contributed by atoms with E-state index in [0.717, 1.165) is 39.3 Å². The van der Waals surface area contributed by atoms with E-state index in [2.05, 4.69) is 33.4 Å². The molecule has 26 heavy (non-hydrogen) atoms. The second-order valence-electron chi connectivity index (χ2n) is 6.02. The van der Waals surface area contributed by atoms with E-state index < -0.39 is 0 Å². The van der Waals surface area contributed by atoms with E-state index in [9.17, 15) is 0 Å². The Morgan fingerprint density at radius 2 is 2.08 bits per heavy atom. The van der Waals surface area contributed by atoms with E-state index in [-0.39, 0.29) is 0 Å². The molecule has 4 rings (SSSR count). The maximum atomic E-state index is 6.31. The molecule has 0 amide bonds. The fourth-order valence-electron chi connectivity index (χ4n) is 2.74. The first-order valence-corrected chi connectivity index (χ1v) is 9.53. The molecule has 0 saturated carbocycles. The smallest absolute Gasteiger partial charge is 0.156 e. The number of aromatic nitrogens is 3. The molecule has 1 aromatic carbocycles. The van der Waals surface area contributed by atoms with Crippen molar-refractivity contribution in [2.24, 2.45) is 0 Å². The molecule has 5 nitrogen and oxygen atoms in total. The van der Waals surface area contributed by atoms with Gasteiger partial charge in [-0.1, -0.05) is 35.8 Å². The van der Waals surface area contributed by atoms with E-state index in [1.54, 1.807) is 17.7 Å². The highest BCUT2D eigenvalue weighted by molar-refractivity contribution is 7.18. The molecular formula is C19H17ClN4OS. The predicted octanol–water partition coefficient (Wildman–Crippen LogP) is 5.48. The molecule has 0 fully saturated rings. The Morgan fingerprint density at radius 3 is 2.88 bits per heavy atom. The van der Waals surface area contributed by atoms with E-state index in [0.29, 0.717) is 17.3 Å². The minimum Gasteiger partial charge on any atom is -0.362 e. The minimum atomic E-state index is 0.486. The third-order valence-electron chi connectivity index (χ3n) is 4.12. The fourth-order valence-corrected chi connectivity index (χ4v) is 4.01. The van der Waals surface area contributed by atoms with Crippen LogP contribution in [0.5, 0.6) is 0 Å². The highest BCUT2D eigenvalue weighted by Crippen LogP contribution is 2.30. The summed E-state index contributed by atoms with van der Waals surface area (Å²) in [7, 11) is 0. The summed E-state index contributed by atoms with van der Waals surface area (Å²) >= 11 is 8.01. The van der Waals surface area contributed by atoms with Gasteiger partial charge in [-0.25, -0.2) is 9.97 Å². The van der Waals surface area contributed by atoms with Gasteiger partial charge in [-0.15, -0.1) is 11.3 Å². The lowest BCUT2D eigenvalue weighted by Crippen LogP contribution is -2.00. The molecule has 0 spiro atoms. The van der Waals surface area contributed by atoms with Gasteiger partial charge in [0.25, 0.3) is 0 Å². The van der Waals surface area contributed by atoms with Gasteiger partial charge in [-0.3, -0.25) is 0 Å².